The number of aliphatic hydroxyl groups is 1. The lowest BCUT2D eigenvalue weighted by molar-refractivity contribution is -0.131. The van der Waals surface area contributed by atoms with Gasteiger partial charge in [0.05, 0.1) is 19.8 Å². The molecule has 5 nitrogen and oxygen atoms in total. The van der Waals surface area contributed by atoms with Crippen molar-refractivity contribution in [2.75, 3.05) is 20.7 Å². The molecule has 0 spiro atoms. The predicted octanol–water partition coefficient (Wildman–Crippen LogP) is 4.15. The fourth-order valence-corrected chi connectivity index (χ4v) is 3.03. The Morgan fingerprint density at radius 3 is 2.31 bits per heavy atom. The van der Waals surface area contributed by atoms with Gasteiger partial charge in [-0.05, 0) is 28.7 Å². The van der Waals surface area contributed by atoms with Crippen LogP contribution in [0.25, 0.3) is 0 Å². The van der Waals surface area contributed by atoms with Crippen LogP contribution in [0.3, 0.4) is 0 Å². The fourth-order valence-electron chi connectivity index (χ4n) is 3.03. The first-order chi connectivity index (χ1) is 13.6. The molecular weight excluding hydrogens is 366 g/mol. The minimum absolute atomic E-state index is 0.0316. The Kier molecular flexibility index (Phi) is 7.57. The quantitative estimate of drug-likeness (QED) is 0.680. The zero-order valence-corrected chi connectivity index (χ0v) is 17.9. The molecule has 0 aliphatic carbocycles. The second kappa shape index (κ2) is 9.70. The third-order valence-corrected chi connectivity index (χ3v) is 4.99. The summed E-state index contributed by atoms with van der Waals surface area (Å²) >= 11 is 0. The number of ketones is 1. The highest BCUT2D eigenvalue weighted by Gasteiger charge is 2.18. The molecule has 2 aromatic rings. The van der Waals surface area contributed by atoms with Crippen LogP contribution in [0.4, 0.5) is 0 Å². The molecule has 1 atom stereocenters. The Hall–Kier alpha value is -2.66. The zero-order valence-electron chi connectivity index (χ0n) is 17.9. The molecule has 2 aromatic carbocycles. The number of likely N-dealkylation sites (N-methyl/N-ethyl adjacent to an activating group) is 1. The number of Topliss-reactive ketones (excluding diaryl/α,β-unsaturated/α-hetero) is 1. The van der Waals surface area contributed by atoms with Crippen LogP contribution in [0.15, 0.2) is 48.5 Å². The van der Waals surface area contributed by atoms with Crippen LogP contribution in [0.1, 0.15) is 61.2 Å². The Labute approximate surface area is 173 Å². The van der Waals surface area contributed by atoms with Crippen LogP contribution in [0.5, 0.6) is 5.75 Å². The number of nitrogens with zero attached hydrogens (tertiary/aromatic N) is 1. The van der Waals surface area contributed by atoms with Gasteiger partial charge in [-0.2, -0.15) is 0 Å². The highest BCUT2D eigenvalue weighted by atomic mass is 16.5. The van der Waals surface area contributed by atoms with Crippen molar-refractivity contribution in [1.82, 2.24) is 4.90 Å². The number of hydrogen-bond acceptors (Lipinski definition) is 4. The van der Waals surface area contributed by atoms with Crippen LogP contribution >= 0.6 is 0 Å². The summed E-state index contributed by atoms with van der Waals surface area (Å²) in [6.45, 7) is 6.52. The minimum atomic E-state index is -0.820. The first kappa shape index (κ1) is 22.6. The van der Waals surface area contributed by atoms with E-state index < -0.39 is 6.10 Å². The lowest BCUT2D eigenvalue weighted by Gasteiger charge is -2.21. The summed E-state index contributed by atoms with van der Waals surface area (Å²) in [6, 6.07) is 14.7. The summed E-state index contributed by atoms with van der Waals surface area (Å²) in [4.78, 5) is 26.3. The molecule has 0 radical (unpaired) electrons. The zero-order chi connectivity index (χ0) is 21.6. The van der Waals surface area contributed by atoms with Gasteiger partial charge in [0.15, 0.2) is 5.78 Å². The standard InChI is InChI=1S/C24H31NO4/c1-24(2,3)19-11-9-17(10-12-19)21(26)13-14-23(28)25(4)16-22(27)18-7-6-8-20(15-18)29-5/h6-12,15,22,27H,13-14,16H2,1-5H3. The molecule has 0 saturated heterocycles. The fraction of sp³-hybridized carbons (Fsp3) is 0.417. The van der Waals surface area contributed by atoms with E-state index in [4.69, 9.17) is 4.74 Å². The van der Waals surface area contributed by atoms with E-state index in [0.717, 1.165) is 5.56 Å². The largest absolute Gasteiger partial charge is 0.497 e. The third-order valence-electron chi connectivity index (χ3n) is 4.99. The highest BCUT2D eigenvalue weighted by molar-refractivity contribution is 5.98. The lowest BCUT2D eigenvalue weighted by atomic mass is 9.86. The lowest BCUT2D eigenvalue weighted by Crippen LogP contribution is -2.31. The van der Waals surface area contributed by atoms with Gasteiger partial charge in [-0.1, -0.05) is 57.2 Å². The molecule has 0 fully saturated rings. The van der Waals surface area contributed by atoms with Crippen LogP contribution in [-0.2, 0) is 10.2 Å². The Morgan fingerprint density at radius 1 is 1.07 bits per heavy atom. The molecule has 0 aromatic heterocycles. The van der Waals surface area contributed by atoms with Crippen LogP contribution in [0.2, 0.25) is 0 Å². The summed E-state index contributed by atoms with van der Waals surface area (Å²) in [7, 11) is 3.20. The van der Waals surface area contributed by atoms with Crippen molar-refractivity contribution in [3.63, 3.8) is 0 Å². The molecule has 29 heavy (non-hydrogen) atoms. The van der Waals surface area contributed by atoms with Crippen molar-refractivity contribution in [3.8, 4) is 5.75 Å². The van der Waals surface area contributed by atoms with Crippen molar-refractivity contribution in [3.05, 3.63) is 65.2 Å². The number of aliphatic hydroxyl groups excluding tert-OH is 1. The maximum atomic E-state index is 12.4. The van der Waals surface area contributed by atoms with E-state index >= 15 is 0 Å². The van der Waals surface area contributed by atoms with Gasteiger partial charge in [0.1, 0.15) is 5.75 Å². The molecule has 1 N–H and O–H groups in total. The van der Waals surface area contributed by atoms with E-state index in [9.17, 15) is 14.7 Å². The monoisotopic (exact) mass is 397 g/mol. The summed E-state index contributed by atoms with van der Waals surface area (Å²) in [6.07, 6.45) is -0.561. The summed E-state index contributed by atoms with van der Waals surface area (Å²) < 4.78 is 5.16. The van der Waals surface area contributed by atoms with Gasteiger partial charge in [0.25, 0.3) is 0 Å². The van der Waals surface area contributed by atoms with Gasteiger partial charge in [0, 0.05) is 25.5 Å². The van der Waals surface area contributed by atoms with Gasteiger partial charge in [-0.15, -0.1) is 0 Å². The number of carbonyl (C=O) groups is 2. The Bertz CT molecular complexity index is 837. The minimum Gasteiger partial charge on any atom is -0.497 e. The van der Waals surface area contributed by atoms with Crippen LogP contribution in [-0.4, -0.2) is 42.4 Å². The molecule has 0 bridgehead atoms. The topological polar surface area (TPSA) is 66.8 Å². The van der Waals surface area contributed by atoms with Gasteiger partial charge >= 0.3 is 0 Å². The molecule has 0 heterocycles. The van der Waals surface area contributed by atoms with Crippen molar-refractivity contribution < 1.29 is 19.4 Å². The molecule has 156 valence electrons. The van der Waals surface area contributed by atoms with Gasteiger partial charge < -0.3 is 14.7 Å². The molecule has 0 aliphatic rings. The van der Waals surface area contributed by atoms with E-state index in [-0.39, 0.29) is 36.5 Å². The predicted molar refractivity (Wildman–Crippen MR) is 114 cm³/mol. The Morgan fingerprint density at radius 2 is 1.72 bits per heavy atom. The number of ether oxygens (including phenoxy) is 1. The van der Waals surface area contributed by atoms with E-state index in [2.05, 4.69) is 20.8 Å². The number of benzene rings is 2. The maximum Gasteiger partial charge on any atom is 0.222 e. The van der Waals surface area contributed by atoms with Gasteiger partial charge in [0.2, 0.25) is 5.91 Å². The van der Waals surface area contributed by atoms with Crippen molar-refractivity contribution in [2.45, 2.75) is 45.1 Å². The SMILES string of the molecule is COc1cccc(C(O)CN(C)C(=O)CCC(=O)c2ccc(C(C)(C)C)cc2)c1. The molecule has 0 aliphatic heterocycles. The summed E-state index contributed by atoms with van der Waals surface area (Å²) in [5.74, 6) is 0.422. The number of hydrogen-bond donors (Lipinski definition) is 1. The number of amides is 1. The maximum absolute atomic E-state index is 12.4. The molecule has 5 heteroatoms. The Balaban J connectivity index is 1.88. The smallest absolute Gasteiger partial charge is 0.222 e. The number of methoxy groups -OCH3 is 1. The molecule has 1 amide bonds. The highest BCUT2D eigenvalue weighted by Crippen LogP contribution is 2.23. The van der Waals surface area contributed by atoms with E-state index in [1.54, 1.807) is 38.4 Å². The average Bonchev–Trinajstić information content (AvgIpc) is 2.71. The molecule has 0 saturated carbocycles. The molecular formula is C24H31NO4. The molecule has 2 rings (SSSR count). The normalized spacial score (nSPS) is 12.3. The van der Waals surface area contributed by atoms with Crippen LogP contribution in [0, 0.1) is 0 Å². The van der Waals surface area contributed by atoms with Crippen molar-refractivity contribution in [1.29, 1.82) is 0 Å². The van der Waals surface area contributed by atoms with E-state index in [1.165, 1.54) is 4.90 Å². The van der Waals surface area contributed by atoms with Crippen molar-refractivity contribution in [2.24, 2.45) is 0 Å². The van der Waals surface area contributed by atoms with E-state index in [1.807, 2.05) is 24.3 Å². The van der Waals surface area contributed by atoms with E-state index in [0.29, 0.717) is 16.9 Å². The second-order valence-electron chi connectivity index (χ2n) is 8.32. The second-order valence-corrected chi connectivity index (χ2v) is 8.32. The first-order valence-corrected chi connectivity index (χ1v) is 9.81. The van der Waals surface area contributed by atoms with Gasteiger partial charge in [-0.3, -0.25) is 9.59 Å². The van der Waals surface area contributed by atoms with Crippen molar-refractivity contribution >= 4 is 11.7 Å². The molecule has 1 unspecified atom stereocenters. The number of carbonyl (C=O) groups excluding carboxylic acids is 2. The third kappa shape index (κ3) is 6.43. The summed E-state index contributed by atoms with van der Waals surface area (Å²) in [5, 5.41) is 10.4. The van der Waals surface area contributed by atoms with Gasteiger partial charge in [-0.25, -0.2) is 0 Å². The summed E-state index contributed by atoms with van der Waals surface area (Å²) in [5.41, 5.74) is 2.49. The van der Waals surface area contributed by atoms with Crippen LogP contribution < -0.4 is 4.74 Å². The first-order valence-electron chi connectivity index (χ1n) is 9.81. The number of rotatable bonds is 8. The average molecular weight is 398 g/mol.